The molecule has 27 heavy (non-hydrogen) atoms. The molecule has 1 aromatic heterocycles. The molecular weight excluding hydrogens is 530 g/mol. The van der Waals surface area contributed by atoms with E-state index in [0.717, 1.165) is 0 Å². The van der Waals surface area contributed by atoms with E-state index in [1.54, 1.807) is 12.3 Å². The van der Waals surface area contributed by atoms with Gasteiger partial charge < -0.3 is 16.8 Å². The van der Waals surface area contributed by atoms with Crippen LogP contribution in [0.25, 0.3) is 0 Å². The summed E-state index contributed by atoms with van der Waals surface area (Å²) in [4.78, 5) is 8.57. The molecule has 6 N–H and O–H groups in total. The summed E-state index contributed by atoms with van der Waals surface area (Å²) in [6.45, 7) is 0. The fourth-order valence-corrected chi connectivity index (χ4v) is 4.63. The standard InChI is InChI=1S/C16H11BrFIN8/c17-3-7-9(18)1-6(2-10(7)19)13-11-12(22)8(4-20)14(23)26-15(11)27-16(25-13)24-5-21/h1-2,13H,3H2,(H6,22,23,24,25,26,27). The molecule has 0 spiro atoms. The van der Waals surface area contributed by atoms with Gasteiger partial charge >= 0.3 is 0 Å². The highest BCUT2D eigenvalue weighted by atomic mass is 127. The third-order valence-corrected chi connectivity index (χ3v) is 5.49. The minimum absolute atomic E-state index is 0.0275. The van der Waals surface area contributed by atoms with Crippen molar-refractivity contribution in [3.63, 3.8) is 0 Å². The van der Waals surface area contributed by atoms with Crippen LogP contribution in [0.3, 0.4) is 0 Å². The summed E-state index contributed by atoms with van der Waals surface area (Å²) in [5.74, 6) is -0.0809. The Balaban J connectivity index is 2.27. The summed E-state index contributed by atoms with van der Waals surface area (Å²) in [5.41, 5.74) is 13.5. The van der Waals surface area contributed by atoms with E-state index in [1.165, 1.54) is 6.07 Å². The number of anilines is 3. The summed E-state index contributed by atoms with van der Waals surface area (Å²) >= 11 is 5.30. The monoisotopic (exact) mass is 540 g/mol. The summed E-state index contributed by atoms with van der Waals surface area (Å²) in [5, 5.41) is 23.8. The van der Waals surface area contributed by atoms with Crippen molar-refractivity contribution >= 4 is 61.8 Å². The highest BCUT2D eigenvalue weighted by Gasteiger charge is 2.30. The molecule has 2 heterocycles. The van der Waals surface area contributed by atoms with Gasteiger partial charge in [-0.25, -0.2) is 14.4 Å². The van der Waals surface area contributed by atoms with Gasteiger partial charge in [-0.3, -0.25) is 5.32 Å². The third kappa shape index (κ3) is 3.36. The smallest absolute Gasteiger partial charge is 0.211 e. The lowest BCUT2D eigenvalue weighted by Crippen LogP contribution is -2.32. The Morgan fingerprint density at radius 3 is 2.70 bits per heavy atom. The second kappa shape index (κ2) is 7.54. The largest absolute Gasteiger partial charge is 0.397 e. The van der Waals surface area contributed by atoms with Gasteiger partial charge in [0.25, 0.3) is 0 Å². The quantitative estimate of drug-likeness (QED) is 0.198. The van der Waals surface area contributed by atoms with E-state index in [4.69, 9.17) is 16.7 Å². The average Bonchev–Trinajstić information content (AvgIpc) is 2.61. The van der Waals surface area contributed by atoms with E-state index in [0.29, 0.717) is 25.6 Å². The van der Waals surface area contributed by atoms with Crippen LogP contribution < -0.4 is 22.1 Å². The van der Waals surface area contributed by atoms with Crippen molar-refractivity contribution < 1.29 is 4.39 Å². The molecule has 1 unspecified atom stereocenters. The Kier molecular flexibility index (Phi) is 5.34. The number of fused-ring (bicyclic) bond motifs is 1. The summed E-state index contributed by atoms with van der Waals surface area (Å²) in [7, 11) is 0. The molecule has 1 aliphatic heterocycles. The van der Waals surface area contributed by atoms with Crippen LogP contribution in [0.5, 0.6) is 0 Å². The van der Waals surface area contributed by atoms with Crippen LogP contribution in [-0.2, 0) is 5.33 Å². The second-order valence-corrected chi connectivity index (χ2v) is 7.22. The molecule has 2 aromatic rings. The number of nitrogens with zero attached hydrogens (tertiary/aromatic N) is 4. The maximum Gasteiger partial charge on any atom is 0.211 e. The fraction of sp³-hybridized carbons (Fsp3) is 0.125. The highest BCUT2D eigenvalue weighted by Crippen LogP contribution is 2.41. The van der Waals surface area contributed by atoms with Crippen LogP contribution in [0.1, 0.15) is 28.3 Å². The topological polar surface area (TPSA) is 149 Å². The van der Waals surface area contributed by atoms with Crippen molar-refractivity contribution in [2.45, 2.75) is 11.4 Å². The lowest BCUT2D eigenvalue weighted by molar-refractivity contribution is 0.612. The van der Waals surface area contributed by atoms with Crippen LogP contribution in [0.4, 0.5) is 21.7 Å². The molecule has 1 atom stereocenters. The first-order chi connectivity index (χ1) is 12.9. The zero-order valence-corrected chi connectivity index (χ0v) is 17.3. The van der Waals surface area contributed by atoms with E-state index in [1.807, 2.05) is 28.7 Å². The van der Waals surface area contributed by atoms with Gasteiger partial charge in [-0.2, -0.15) is 10.5 Å². The van der Waals surface area contributed by atoms with Crippen LogP contribution in [0.15, 0.2) is 17.1 Å². The Bertz CT molecular complexity index is 1030. The Labute approximate surface area is 175 Å². The number of nitriles is 2. The van der Waals surface area contributed by atoms with Crippen LogP contribution in [-0.4, -0.2) is 10.9 Å². The second-order valence-electron chi connectivity index (χ2n) is 5.50. The van der Waals surface area contributed by atoms with Gasteiger partial charge in [-0.15, -0.1) is 0 Å². The van der Waals surface area contributed by atoms with E-state index in [-0.39, 0.29) is 28.8 Å². The lowest BCUT2D eigenvalue weighted by Gasteiger charge is -2.26. The van der Waals surface area contributed by atoms with Crippen molar-refractivity contribution in [3.05, 3.63) is 43.8 Å². The van der Waals surface area contributed by atoms with E-state index in [2.05, 4.69) is 36.5 Å². The average molecular weight is 541 g/mol. The van der Waals surface area contributed by atoms with Crippen LogP contribution >= 0.6 is 38.5 Å². The van der Waals surface area contributed by atoms with Crippen molar-refractivity contribution in [1.29, 1.82) is 10.5 Å². The van der Waals surface area contributed by atoms with E-state index >= 15 is 0 Å². The molecule has 0 bridgehead atoms. The Morgan fingerprint density at radius 2 is 2.11 bits per heavy atom. The number of nitrogen functional groups attached to an aromatic ring is 2. The van der Waals surface area contributed by atoms with Crippen molar-refractivity contribution in [2.24, 2.45) is 4.99 Å². The van der Waals surface area contributed by atoms with Crippen molar-refractivity contribution in [3.8, 4) is 12.3 Å². The molecule has 8 nitrogen and oxygen atoms in total. The molecule has 0 fully saturated rings. The van der Waals surface area contributed by atoms with Crippen molar-refractivity contribution in [2.75, 3.05) is 16.8 Å². The molecule has 136 valence electrons. The van der Waals surface area contributed by atoms with Gasteiger partial charge in [0, 0.05) is 20.0 Å². The third-order valence-electron chi connectivity index (χ3n) is 3.97. The number of alkyl halides is 1. The summed E-state index contributed by atoms with van der Waals surface area (Å²) in [6.07, 6.45) is 1.77. The number of aliphatic imine (C=N–C) groups is 1. The number of guanidine groups is 1. The van der Waals surface area contributed by atoms with Gasteiger partial charge in [0.05, 0.1) is 5.69 Å². The zero-order chi connectivity index (χ0) is 19.7. The van der Waals surface area contributed by atoms with E-state index < -0.39 is 11.9 Å². The first kappa shape index (κ1) is 19.1. The SMILES string of the molecule is N#CNC1=NC(c2cc(F)c(CBr)c(I)c2)c2c(nc(N)c(C#N)c2N)N1. The number of nitrogens with one attached hydrogen (secondary N) is 2. The molecule has 0 saturated heterocycles. The maximum absolute atomic E-state index is 14.5. The predicted molar refractivity (Wildman–Crippen MR) is 111 cm³/mol. The molecule has 1 aromatic carbocycles. The number of nitrogens with two attached hydrogens (primary N) is 2. The molecular formula is C16H11BrFIN8. The van der Waals surface area contributed by atoms with Gasteiger partial charge in [0.15, 0.2) is 6.19 Å². The molecule has 0 saturated carbocycles. The number of rotatable bonds is 2. The molecule has 0 radical (unpaired) electrons. The highest BCUT2D eigenvalue weighted by molar-refractivity contribution is 14.1. The maximum atomic E-state index is 14.5. The number of hydrogen-bond acceptors (Lipinski definition) is 8. The predicted octanol–water partition coefficient (Wildman–Crippen LogP) is 2.70. The molecule has 0 amide bonds. The number of pyridine rings is 1. The van der Waals surface area contributed by atoms with E-state index in [9.17, 15) is 9.65 Å². The van der Waals surface area contributed by atoms with Crippen molar-refractivity contribution in [1.82, 2.24) is 10.3 Å². The van der Waals surface area contributed by atoms with Crippen LogP contribution in [0.2, 0.25) is 0 Å². The minimum Gasteiger partial charge on any atom is -0.397 e. The summed E-state index contributed by atoms with van der Waals surface area (Å²) < 4.78 is 15.2. The van der Waals surface area contributed by atoms with Crippen LogP contribution in [0, 0.1) is 32.2 Å². The fourth-order valence-electron chi connectivity index (χ4n) is 2.73. The Hall–Kier alpha value is -2.64. The molecule has 1 aliphatic rings. The normalized spacial score (nSPS) is 15.0. The van der Waals surface area contributed by atoms with Gasteiger partial charge in [-0.1, -0.05) is 15.9 Å². The Morgan fingerprint density at radius 1 is 1.37 bits per heavy atom. The first-order valence-electron chi connectivity index (χ1n) is 7.43. The summed E-state index contributed by atoms with van der Waals surface area (Å²) in [6, 6.07) is 4.28. The molecule has 3 rings (SSSR count). The molecule has 0 aliphatic carbocycles. The number of benzene rings is 1. The number of hydrogen-bond donors (Lipinski definition) is 4. The minimum atomic E-state index is -0.773. The number of halogens is 3. The first-order valence-corrected chi connectivity index (χ1v) is 9.63. The van der Waals surface area contributed by atoms with Gasteiger partial charge in [-0.05, 0) is 40.3 Å². The number of aromatic nitrogens is 1. The lowest BCUT2D eigenvalue weighted by atomic mass is 9.94. The zero-order valence-electron chi connectivity index (χ0n) is 13.5. The molecule has 11 heteroatoms. The van der Waals surface area contributed by atoms with Gasteiger partial charge in [0.1, 0.15) is 35.1 Å². The van der Waals surface area contributed by atoms with Gasteiger partial charge in [0.2, 0.25) is 5.96 Å².